The highest BCUT2D eigenvalue weighted by atomic mass is 32.2. The number of aromatic nitrogens is 1. The molecule has 8 aromatic carbocycles. The summed E-state index contributed by atoms with van der Waals surface area (Å²) in [7, 11) is 0. The quantitative estimate of drug-likeness (QED) is 0.127. The van der Waals surface area contributed by atoms with Crippen LogP contribution in [0.3, 0.4) is 0 Å². The Balaban J connectivity index is 1.30. The molecule has 4 aliphatic rings. The van der Waals surface area contributed by atoms with Crippen LogP contribution in [0.1, 0.15) is 70.6 Å². The maximum absolute atomic E-state index is 2.71. The fourth-order valence-corrected chi connectivity index (χ4v) is 12.6. The van der Waals surface area contributed by atoms with Crippen LogP contribution >= 0.6 is 11.8 Å². The second kappa shape index (κ2) is 12.7. The van der Waals surface area contributed by atoms with Gasteiger partial charge in [-0.15, -0.1) is 0 Å². The van der Waals surface area contributed by atoms with Crippen molar-refractivity contribution >= 4 is 95.3 Å². The molecule has 3 aliphatic heterocycles. The normalized spacial score (nSPS) is 16.1. The molecule has 9 aromatic rings. The Hall–Kier alpha value is -6.23. The number of fused-ring (bicyclic) bond motifs is 12. The number of hydrogen-bond acceptors (Lipinski definition) is 2. The van der Waals surface area contributed by atoms with E-state index >= 15 is 0 Å². The Morgan fingerprint density at radius 2 is 1.32 bits per heavy atom. The minimum absolute atomic E-state index is 0.0242. The fourth-order valence-electron chi connectivity index (χ4n) is 11.5. The maximum Gasteiger partial charge on any atom is 0.252 e. The molecule has 0 saturated heterocycles. The molecule has 0 amide bonds. The summed E-state index contributed by atoms with van der Waals surface area (Å²) < 4.78 is 2.71. The van der Waals surface area contributed by atoms with E-state index in [-0.39, 0.29) is 23.5 Å². The number of allylic oxidation sites excluding steroid dienone is 4. The van der Waals surface area contributed by atoms with Gasteiger partial charge in [0.15, 0.2) is 0 Å². The van der Waals surface area contributed by atoms with Gasteiger partial charge < -0.3 is 9.47 Å². The average Bonchev–Trinajstić information content (AvgIpc) is 3.62. The molecule has 1 aromatic heterocycles. The number of anilines is 3. The Kier molecular flexibility index (Phi) is 7.45. The maximum atomic E-state index is 2.71. The zero-order valence-corrected chi connectivity index (χ0v) is 37.0. The van der Waals surface area contributed by atoms with Crippen molar-refractivity contribution in [3.8, 4) is 16.8 Å². The Labute approximate surface area is 368 Å². The van der Waals surface area contributed by atoms with Crippen LogP contribution in [-0.4, -0.2) is 11.3 Å². The van der Waals surface area contributed by atoms with Gasteiger partial charge in [0.05, 0.1) is 22.4 Å². The Morgan fingerprint density at radius 1 is 0.581 bits per heavy atom. The van der Waals surface area contributed by atoms with E-state index < -0.39 is 0 Å². The lowest BCUT2D eigenvalue weighted by atomic mass is 9.33. The predicted octanol–water partition coefficient (Wildman–Crippen LogP) is 14.0. The predicted molar refractivity (Wildman–Crippen MR) is 268 cm³/mol. The first-order chi connectivity index (χ1) is 30.1. The molecule has 4 heterocycles. The number of para-hydroxylation sites is 2. The Morgan fingerprint density at radius 3 is 2.11 bits per heavy atom. The van der Waals surface area contributed by atoms with Gasteiger partial charge in [-0.25, -0.2) is 0 Å². The molecule has 1 atom stereocenters. The monoisotopic (exact) mass is 814 g/mol. The average molecular weight is 815 g/mol. The molecule has 1 unspecified atom stereocenters. The highest BCUT2D eigenvalue weighted by Gasteiger charge is 2.46. The Bertz CT molecular complexity index is 3500. The molecule has 2 nitrogen and oxygen atoms in total. The lowest BCUT2D eigenvalue weighted by Gasteiger charge is -2.44. The first-order valence-corrected chi connectivity index (χ1v) is 23.2. The van der Waals surface area contributed by atoms with Crippen LogP contribution in [0.25, 0.3) is 60.2 Å². The van der Waals surface area contributed by atoms with Gasteiger partial charge in [-0.2, -0.15) is 0 Å². The highest BCUT2D eigenvalue weighted by molar-refractivity contribution is 7.99. The van der Waals surface area contributed by atoms with Crippen molar-refractivity contribution in [3.63, 3.8) is 0 Å². The molecule has 0 radical (unpaired) electrons. The molecule has 1 aliphatic carbocycles. The smallest absolute Gasteiger partial charge is 0.252 e. The zero-order valence-electron chi connectivity index (χ0n) is 36.2. The standard InChI is InChI=1S/C58H47BN2S/c1-57(2,3)36-28-29-40-45(30-36)61-47-32-37(58(4,5)6)31-46-54(47)59(42-24-17-27-49-55(42)60(46)44-25-15-16-26-48(44)62-49)43-33-41-50(34-18-9-7-10-19-34)38-22-13-14-23-39(38)51(35-20-11-8-12-21-35)52(41)53(40)56(43)61/h7-18,20-34H,19H2,1-6H3. The van der Waals surface area contributed by atoms with Crippen LogP contribution < -0.4 is 21.3 Å². The molecule has 298 valence electrons. The van der Waals surface area contributed by atoms with E-state index in [2.05, 4.69) is 209 Å². The zero-order chi connectivity index (χ0) is 41.8. The molecule has 13 rings (SSSR count). The van der Waals surface area contributed by atoms with E-state index in [1.807, 2.05) is 11.8 Å². The molecular formula is C58H47BN2S. The minimum Gasteiger partial charge on any atom is -0.310 e. The molecule has 0 fully saturated rings. The van der Waals surface area contributed by atoms with Crippen LogP contribution in [0.15, 0.2) is 168 Å². The molecule has 0 bridgehead atoms. The lowest BCUT2D eigenvalue weighted by Crippen LogP contribution is -2.61. The minimum atomic E-state index is -0.0799. The van der Waals surface area contributed by atoms with E-state index in [0.29, 0.717) is 0 Å². The molecule has 0 N–H and O–H groups in total. The number of nitrogens with zero attached hydrogens (tertiary/aromatic N) is 2. The third-order valence-corrected chi connectivity index (χ3v) is 15.5. The summed E-state index contributed by atoms with van der Waals surface area (Å²) in [5.41, 5.74) is 18.7. The van der Waals surface area contributed by atoms with Crippen LogP contribution in [-0.2, 0) is 10.8 Å². The highest BCUT2D eigenvalue weighted by Crippen LogP contribution is 2.55. The van der Waals surface area contributed by atoms with Gasteiger partial charge in [-0.05, 0) is 114 Å². The van der Waals surface area contributed by atoms with Crippen molar-refractivity contribution in [1.82, 2.24) is 4.57 Å². The third-order valence-electron chi connectivity index (χ3n) is 14.3. The second-order valence-corrected chi connectivity index (χ2v) is 21.1. The molecule has 0 saturated carbocycles. The van der Waals surface area contributed by atoms with Gasteiger partial charge in [0, 0.05) is 43.2 Å². The SMILES string of the molecule is CC(C)(C)c1cc2c3c(c1)-n1c4cc(C(C)(C)C)ccc4c4c5c(-c6ccccc6)c6ccccc6c(C6C=CC=CC6)c5cc(c41)B3c1cccc3c1N2c1ccccc1S3. The topological polar surface area (TPSA) is 8.17 Å². The van der Waals surface area contributed by atoms with Crippen molar-refractivity contribution in [1.29, 1.82) is 0 Å². The van der Waals surface area contributed by atoms with Crippen LogP contribution in [0.4, 0.5) is 17.1 Å². The van der Waals surface area contributed by atoms with Crippen molar-refractivity contribution < 1.29 is 0 Å². The van der Waals surface area contributed by atoms with Gasteiger partial charge in [0.25, 0.3) is 6.71 Å². The summed E-state index contributed by atoms with van der Waals surface area (Å²) in [6.07, 6.45) is 10.3. The number of rotatable bonds is 2. The van der Waals surface area contributed by atoms with E-state index in [0.717, 1.165) is 6.42 Å². The fraction of sp³-hybridized carbons (Fsp3) is 0.172. The van der Waals surface area contributed by atoms with Gasteiger partial charge >= 0.3 is 0 Å². The van der Waals surface area contributed by atoms with Gasteiger partial charge in [-0.1, -0.05) is 175 Å². The van der Waals surface area contributed by atoms with Crippen LogP contribution in [0.5, 0.6) is 0 Å². The van der Waals surface area contributed by atoms with E-state index in [9.17, 15) is 0 Å². The summed E-state index contributed by atoms with van der Waals surface area (Å²) in [4.78, 5) is 5.25. The summed E-state index contributed by atoms with van der Waals surface area (Å²) >= 11 is 1.92. The summed E-state index contributed by atoms with van der Waals surface area (Å²) in [6, 6.07) is 51.8. The van der Waals surface area contributed by atoms with Crippen molar-refractivity contribution in [3.05, 3.63) is 174 Å². The van der Waals surface area contributed by atoms with Crippen LogP contribution in [0, 0.1) is 0 Å². The number of benzene rings is 8. The van der Waals surface area contributed by atoms with Crippen molar-refractivity contribution in [2.24, 2.45) is 0 Å². The largest absolute Gasteiger partial charge is 0.310 e. The summed E-state index contributed by atoms with van der Waals surface area (Å²) in [6.45, 7) is 14.2. The lowest BCUT2D eigenvalue weighted by molar-refractivity contribution is 0.590. The van der Waals surface area contributed by atoms with E-state index in [1.165, 1.54) is 120 Å². The van der Waals surface area contributed by atoms with Crippen molar-refractivity contribution in [2.75, 3.05) is 4.90 Å². The number of hydrogen-bond donors (Lipinski definition) is 0. The van der Waals surface area contributed by atoms with Crippen LogP contribution in [0.2, 0.25) is 0 Å². The molecule has 0 spiro atoms. The first-order valence-electron chi connectivity index (χ1n) is 22.3. The van der Waals surface area contributed by atoms with E-state index in [1.54, 1.807) is 0 Å². The summed E-state index contributed by atoms with van der Waals surface area (Å²) in [5, 5.41) is 8.10. The summed E-state index contributed by atoms with van der Waals surface area (Å²) in [5.74, 6) is 0.253. The van der Waals surface area contributed by atoms with Crippen molar-refractivity contribution in [2.45, 2.75) is 74.5 Å². The molecular weight excluding hydrogens is 768 g/mol. The third kappa shape index (κ3) is 4.90. The first kappa shape index (κ1) is 36.4. The van der Waals surface area contributed by atoms with Gasteiger partial charge in [0.1, 0.15) is 0 Å². The van der Waals surface area contributed by atoms with Gasteiger partial charge in [0.2, 0.25) is 0 Å². The van der Waals surface area contributed by atoms with E-state index in [4.69, 9.17) is 0 Å². The molecule has 4 heteroatoms. The second-order valence-electron chi connectivity index (χ2n) is 20.0. The molecule has 62 heavy (non-hydrogen) atoms. The van der Waals surface area contributed by atoms with Gasteiger partial charge in [-0.3, -0.25) is 0 Å².